The predicted octanol–water partition coefficient (Wildman–Crippen LogP) is 0.206. The number of aromatic hydroxyl groups is 1. The number of rotatable bonds is 0. The van der Waals surface area contributed by atoms with Crippen molar-refractivity contribution in [3.05, 3.63) is 28.6 Å². The number of nitriles is 1. The van der Waals surface area contributed by atoms with Crippen molar-refractivity contribution >= 4 is 0 Å². The molecule has 0 spiro atoms. The smallest absolute Gasteiger partial charge is 0.377 e. The fraction of sp³-hybridized carbons (Fsp3) is 0.143. The van der Waals surface area contributed by atoms with Gasteiger partial charge in [0, 0.05) is 0 Å². The summed E-state index contributed by atoms with van der Waals surface area (Å²) in [5, 5.41) is 28.0. The van der Waals surface area contributed by atoms with E-state index in [4.69, 9.17) is 10.4 Å². The first-order valence-electron chi connectivity index (χ1n) is 2.98. The van der Waals surface area contributed by atoms with Gasteiger partial charge in [-0.1, -0.05) is 0 Å². The maximum absolute atomic E-state index is 10.7. The Bertz CT molecular complexity index is 328. The SMILES string of the molecule is Cc1cc(O)[n+]([O-])cc1C#N. The zero-order valence-electron chi connectivity index (χ0n) is 5.90. The van der Waals surface area contributed by atoms with Crippen molar-refractivity contribution in [2.75, 3.05) is 0 Å². The van der Waals surface area contributed by atoms with Crippen LogP contribution in [-0.2, 0) is 0 Å². The second kappa shape index (κ2) is 2.46. The summed E-state index contributed by atoms with van der Waals surface area (Å²) in [6.45, 7) is 1.65. The molecule has 0 saturated carbocycles. The molecule has 11 heavy (non-hydrogen) atoms. The lowest BCUT2D eigenvalue weighted by Crippen LogP contribution is -2.26. The van der Waals surface area contributed by atoms with Crippen molar-refractivity contribution in [2.24, 2.45) is 0 Å². The Hall–Kier alpha value is -1.76. The molecule has 0 bridgehead atoms. The minimum Gasteiger partial charge on any atom is -0.616 e. The van der Waals surface area contributed by atoms with Gasteiger partial charge in [0.1, 0.15) is 11.6 Å². The van der Waals surface area contributed by atoms with Gasteiger partial charge in [-0.25, -0.2) is 0 Å². The van der Waals surface area contributed by atoms with E-state index in [9.17, 15) is 5.21 Å². The van der Waals surface area contributed by atoms with E-state index in [1.165, 1.54) is 6.07 Å². The Morgan fingerprint density at radius 2 is 2.36 bits per heavy atom. The largest absolute Gasteiger partial charge is 0.616 e. The van der Waals surface area contributed by atoms with E-state index in [1.807, 2.05) is 6.07 Å². The van der Waals surface area contributed by atoms with E-state index in [1.54, 1.807) is 6.92 Å². The van der Waals surface area contributed by atoms with Crippen LogP contribution in [0.5, 0.6) is 5.88 Å². The Morgan fingerprint density at radius 3 is 2.91 bits per heavy atom. The van der Waals surface area contributed by atoms with Gasteiger partial charge < -0.3 is 10.3 Å². The van der Waals surface area contributed by atoms with Crippen molar-refractivity contribution in [3.8, 4) is 11.9 Å². The molecular weight excluding hydrogens is 144 g/mol. The van der Waals surface area contributed by atoms with Crippen LogP contribution in [0.15, 0.2) is 12.3 Å². The highest BCUT2D eigenvalue weighted by Crippen LogP contribution is 2.08. The molecule has 1 aromatic heterocycles. The fourth-order valence-corrected chi connectivity index (χ4v) is 0.737. The minimum atomic E-state index is -0.387. The van der Waals surface area contributed by atoms with Gasteiger partial charge in [0.2, 0.25) is 6.20 Å². The average molecular weight is 150 g/mol. The van der Waals surface area contributed by atoms with Crippen LogP contribution < -0.4 is 4.73 Å². The number of pyridine rings is 1. The topological polar surface area (TPSA) is 71.0 Å². The molecule has 0 fully saturated rings. The molecule has 1 N–H and O–H groups in total. The van der Waals surface area contributed by atoms with E-state index < -0.39 is 0 Å². The van der Waals surface area contributed by atoms with E-state index in [-0.39, 0.29) is 16.2 Å². The highest BCUT2D eigenvalue weighted by molar-refractivity contribution is 5.34. The summed E-state index contributed by atoms with van der Waals surface area (Å²) in [5.74, 6) is -0.387. The lowest BCUT2D eigenvalue weighted by molar-refractivity contribution is -0.613. The van der Waals surface area contributed by atoms with Gasteiger partial charge in [-0.15, -0.1) is 4.73 Å². The first kappa shape index (κ1) is 7.35. The zero-order valence-corrected chi connectivity index (χ0v) is 5.90. The molecule has 0 aromatic carbocycles. The van der Waals surface area contributed by atoms with Crippen LogP contribution >= 0.6 is 0 Å². The molecule has 1 aromatic rings. The van der Waals surface area contributed by atoms with Crippen LogP contribution in [0.1, 0.15) is 11.1 Å². The van der Waals surface area contributed by atoms with Crippen LogP contribution in [0.3, 0.4) is 0 Å². The van der Waals surface area contributed by atoms with E-state index in [0.29, 0.717) is 5.56 Å². The van der Waals surface area contributed by atoms with Gasteiger partial charge >= 0.3 is 5.88 Å². The van der Waals surface area contributed by atoms with Gasteiger partial charge in [-0.05, 0) is 12.5 Å². The number of hydrogen-bond donors (Lipinski definition) is 1. The Morgan fingerprint density at radius 1 is 1.73 bits per heavy atom. The first-order valence-corrected chi connectivity index (χ1v) is 2.98. The van der Waals surface area contributed by atoms with Crippen LogP contribution in [0.2, 0.25) is 0 Å². The van der Waals surface area contributed by atoms with Crippen LogP contribution in [0.4, 0.5) is 0 Å². The molecule has 0 aliphatic carbocycles. The number of nitrogens with zero attached hydrogens (tertiary/aromatic N) is 2. The van der Waals surface area contributed by atoms with E-state index in [2.05, 4.69) is 0 Å². The van der Waals surface area contributed by atoms with Gasteiger partial charge in [-0.3, -0.25) is 0 Å². The van der Waals surface area contributed by atoms with Gasteiger partial charge in [0.25, 0.3) is 0 Å². The third-order valence-corrected chi connectivity index (χ3v) is 1.36. The highest BCUT2D eigenvalue weighted by atomic mass is 16.5. The van der Waals surface area contributed by atoms with Crippen molar-refractivity contribution in [1.29, 1.82) is 5.26 Å². The van der Waals surface area contributed by atoms with Gasteiger partial charge in [0.05, 0.1) is 6.07 Å². The summed E-state index contributed by atoms with van der Waals surface area (Å²) in [5.41, 5.74) is 0.870. The molecule has 0 unspecified atom stereocenters. The van der Waals surface area contributed by atoms with Gasteiger partial charge in [-0.2, -0.15) is 5.26 Å². The molecule has 0 aliphatic rings. The summed E-state index contributed by atoms with van der Waals surface area (Å²) in [4.78, 5) is 0. The Labute approximate surface area is 63.5 Å². The molecule has 0 atom stereocenters. The molecule has 4 heteroatoms. The maximum atomic E-state index is 10.7. The number of aromatic nitrogens is 1. The average Bonchev–Trinajstić information content (AvgIpc) is 1.97. The lowest BCUT2D eigenvalue weighted by atomic mass is 10.2. The highest BCUT2D eigenvalue weighted by Gasteiger charge is 2.07. The van der Waals surface area contributed by atoms with Gasteiger partial charge in [0.15, 0.2) is 0 Å². The molecule has 0 saturated heterocycles. The monoisotopic (exact) mass is 150 g/mol. The zero-order chi connectivity index (χ0) is 8.43. The lowest BCUT2D eigenvalue weighted by Gasteiger charge is -1.99. The summed E-state index contributed by atoms with van der Waals surface area (Å²) >= 11 is 0. The molecule has 1 heterocycles. The molecule has 0 aliphatic heterocycles. The molecule has 1 rings (SSSR count). The molecule has 56 valence electrons. The molecule has 4 nitrogen and oxygen atoms in total. The summed E-state index contributed by atoms with van der Waals surface area (Å²) in [6.07, 6.45) is 1.05. The summed E-state index contributed by atoms with van der Waals surface area (Å²) in [6, 6.07) is 3.09. The quantitative estimate of drug-likeness (QED) is 0.424. The summed E-state index contributed by atoms with van der Waals surface area (Å²) in [7, 11) is 0. The van der Waals surface area contributed by atoms with Crippen molar-refractivity contribution in [3.63, 3.8) is 0 Å². The molecule has 0 amide bonds. The third-order valence-electron chi connectivity index (χ3n) is 1.36. The van der Waals surface area contributed by atoms with Crippen LogP contribution in [-0.4, -0.2) is 5.11 Å². The van der Waals surface area contributed by atoms with Crippen molar-refractivity contribution < 1.29 is 9.84 Å². The summed E-state index contributed by atoms with van der Waals surface area (Å²) < 4.78 is 0.256. The minimum absolute atomic E-state index is 0.256. The second-order valence-corrected chi connectivity index (χ2v) is 2.17. The number of hydrogen-bond acceptors (Lipinski definition) is 3. The fourth-order valence-electron chi connectivity index (χ4n) is 0.737. The normalized spacial score (nSPS) is 9.09. The first-order chi connectivity index (χ1) is 5.15. The Kier molecular flexibility index (Phi) is 1.65. The van der Waals surface area contributed by atoms with E-state index >= 15 is 0 Å². The molecular formula is C7H6N2O2. The van der Waals surface area contributed by atoms with Crippen LogP contribution in [0, 0.1) is 23.5 Å². The Balaban J connectivity index is 3.35. The molecule has 0 radical (unpaired) electrons. The standard InChI is InChI=1S/C7H6N2O2/c1-5-2-7(10)9(11)4-6(5)3-8/h2,4,10H,1H3. The number of aryl methyl sites for hydroxylation is 1. The third kappa shape index (κ3) is 1.22. The maximum Gasteiger partial charge on any atom is 0.377 e. The van der Waals surface area contributed by atoms with Crippen molar-refractivity contribution in [2.45, 2.75) is 6.92 Å². The second-order valence-electron chi connectivity index (χ2n) is 2.17. The van der Waals surface area contributed by atoms with Crippen molar-refractivity contribution in [1.82, 2.24) is 0 Å². The predicted molar refractivity (Wildman–Crippen MR) is 36.5 cm³/mol. The van der Waals surface area contributed by atoms with Crippen LogP contribution in [0.25, 0.3) is 0 Å². The van der Waals surface area contributed by atoms with E-state index in [0.717, 1.165) is 6.20 Å².